The van der Waals surface area contributed by atoms with Crippen LogP contribution in [0.25, 0.3) is 10.7 Å². The number of ether oxygens (including phenoxy) is 3. The lowest BCUT2D eigenvalue weighted by Gasteiger charge is -2.15. The smallest absolute Gasteiger partial charge is 0.338 e. The van der Waals surface area contributed by atoms with Gasteiger partial charge in [-0.25, -0.2) is 18.3 Å². The van der Waals surface area contributed by atoms with Crippen molar-refractivity contribution in [3.63, 3.8) is 0 Å². The summed E-state index contributed by atoms with van der Waals surface area (Å²) in [5.74, 6) is -1.25. The van der Waals surface area contributed by atoms with Gasteiger partial charge in [-0.15, -0.1) is 16.4 Å². The maximum absolute atomic E-state index is 14.4. The van der Waals surface area contributed by atoms with Crippen LogP contribution in [-0.2, 0) is 11.3 Å². The number of nitrogens with zero attached hydrogens (tertiary/aromatic N) is 4. The van der Waals surface area contributed by atoms with E-state index in [4.69, 9.17) is 9.47 Å². The van der Waals surface area contributed by atoms with Crippen LogP contribution in [0.3, 0.4) is 0 Å². The van der Waals surface area contributed by atoms with Gasteiger partial charge in [-0.05, 0) is 22.6 Å². The van der Waals surface area contributed by atoms with Gasteiger partial charge in [0.15, 0.2) is 17.3 Å². The Bertz CT molecular complexity index is 997. The molecule has 0 amide bonds. The largest absolute Gasteiger partial charge is 0.485 e. The molecule has 0 bridgehead atoms. The van der Waals surface area contributed by atoms with Crippen molar-refractivity contribution in [3.05, 3.63) is 40.3 Å². The molecule has 0 aliphatic carbocycles. The standard InChI is InChI=1S/C16H12F2N4O4S/c1-24-16(23)8-4-10(17)9(11(18)5-8)6-22-15(19-20-21-22)14-13-12(7-27-14)25-2-3-26-13/h4-5,7H,2-3,6H2,1H3. The van der Waals surface area contributed by atoms with Crippen molar-refractivity contribution in [3.8, 4) is 22.2 Å². The Balaban J connectivity index is 1.69. The lowest BCUT2D eigenvalue weighted by molar-refractivity contribution is 0.0599. The Morgan fingerprint density at radius 3 is 2.78 bits per heavy atom. The fourth-order valence-corrected chi connectivity index (χ4v) is 3.55. The van der Waals surface area contributed by atoms with Gasteiger partial charge in [0, 0.05) is 10.9 Å². The molecule has 0 spiro atoms. The Morgan fingerprint density at radius 1 is 1.30 bits per heavy atom. The van der Waals surface area contributed by atoms with Gasteiger partial charge in [-0.1, -0.05) is 0 Å². The Hall–Kier alpha value is -3.08. The van der Waals surface area contributed by atoms with Crippen LogP contribution in [0.1, 0.15) is 15.9 Å². The lowest BCUT2D eigenvalue weighted by Crippen LogP contribution is -2.15. The first kappa shape index (κ1) is 17.3. The molecule has 0 saturated carbocycles. The van der Waals surface area contributed by atoms with Crippen molar-refractivity contribution >= 4 is 17.3 Å². The van der Waals surface area contributed by atoms with E-state index < -0.39 is 17.6 Å². The average Bonchev–Trinajstić information content (AvgIpc) is 3.30. The summed E-state index contributed by atoms with van der Waals surface area (Å²) in [5, 5.41) is 13.1. The molecule has 0 radical (unpaired) electrons. The molecule has 2 aromatic heterocycles. The molecule has 1 aliphatic heterocycles. The molecular formula is C16H12F2N4O4S. The van der Waals surface area contributed by atoms with Crippen molar-refractivity contribution in [1.82, 2.24) is 20.2 Å². The summed E-state index contributed by atoms with van der Waals surface area (Å²) in [4.78, 5) is 12.1. The predicted octanol–water partition coefficient (Wildman–Crippen LogP) is 2.29. The number of benzene rings is 1. The lowest BCUT2D eigenvalue weighted by atomic mass is 10.1. The number of fused-ring (bicyclic) bond motifs is 1. The van der Waals surface area contributed by atoms with Gasteiger partial charge in [0.05, 0.1) is 19.2 Å². The number of halogens is 2. The number of hydrogen-bond acceptors (Lipinski definition) is 8. The molecule has 0 N–H and O–H groups in total. The maximum atomic E-state index is 14.4. The summed E-state index contributed by atoms with van der Waals surface area (Å²) < 4.78 is 45.6. The van der Waals surface area contributed by atoms with E-state index in [9.17, 15) is 13.6 Å². The first-order chi connectivity index (χ1) is 13.1. The minimum absolute atomic E-state index is 0.217. The van der Waals surface area contributed by atoms with Gasteiger partial charge in [0.2, 0.25) is 0 Å². The van der Waals surface area contributed by atoms with E-state index in [0.717, 1.165) is 19.2 Å². The molecule has 0 saturated heterocycles. The maximum Gasteiger partial charge on any atom is 0.338 e. The molecule has 140 valence electrons. The highest BCUT2D eigenvalue weighted by Crippen LogP contribution is 2.44. The highest BCUT2D eigenvalue weighted by atomic mass is 32.1. The van der Waals surface area contributed by atoms with Crippen molar-refractivity contribution < 1.29 is 27.8 Å². The van der Waals surface area contributed by atoms with Gasteiger partial charge >= 0.3 is 5.97 Å². The molecule has 11 heteroatoms. The molecule has 0 atom stereocenters. The minimum Gasteiger partial charge on any atom is -0.485 e. The molecule has 3 heterocycles. The number of carbonyl (C=O) groups excluding carboxylic acids is 1. The molecule has 0 fully saturated rings. The van der Waals surface area contributed by atoms with Gasteiger partial charge in [0.25, 0.3) is 0 Å². The molecule has 8 nitrogen and oxygen atoms in total. The fourth-order valence-electron chi connectivity index (χ4n) is 2.63. The van der Waals surface area contributed by atoms with Gasteiger partial charge < -0.3 is 14.2 Å². The van der Waals surface area contributed by atoms with Crippen LogP contribution in [0.5, 0.6) is 11.5 Å². The van der Waals surface area contributed by atoms with Crippen LogP contribution >= 0.6 is 11.3 Å². The first-order valence-corrected chi connectivity index (χ1v) is 8.66. The third-order valence-corrected chi connectivity index (χ3v) is 4.84. The van der Waals surface area contributed by atoms with Gasteiger partial charge in [0.1, 0.15) is 29.7 Å². The average molecular weight is 394 g/mol. The zero-order chi connectivity index (χ0) is 19.0. The highest BCUT2D eigenvalue weighted by molar-refractivity contribution is 7.14. The van der Waals surface area contributed by atoms with Crippen molar-refractivity contribution in [2.24, 2.45) is 0 Å². The minimum atomic E-state index is -0.898. The number of carbonyl (C=O) groups is 1. The molecular weight excluding hydrogens is 382 g/mol. The van der Waals surface area contributed by atoms with E-state index in [-0.39, 0.29) is 17.7 Å². The molecule has 1 aromatic carbocycles. The zero-order valence-corrected chi connectivity index (χ0v) is 14.8. The van der Waals surface area contributed by atoms with Crippen molar-refractivity contribution in [1.29, 1.82) is 0 Å². The Kier molecular flexibility index (Phi) is 4.44. The number of esters is 1. The molecule has 1 aliphatic rings. The summed E-state index contributed by atoms with van der Waals surface area (Å²) in [6.45, 7) is 0.558. The Morgan fingerprint density at radius 2 is 2.04 bits per heavy atom. The van der Waals surface area contributed by atoms with E-state index in [0.29, 0.717) is 35.4 Å². The molecule has 0 unspecified atom stereocenters. The number of thiophene rings is 1. The van der Waals surface area contributed by atoms with Crippen LogP contribution < -0.4 is 9.47 Å². The second-order valence-electron chi connectivity index (χ2n) is 5.53. The normalized spacial score (nSPS) is 12.9. The number of methoxy groups -OCH3 is 1. The van der Waals surface area contributed by atoms with Crippen LogP contribution in [0.4, 0.5) is 8.78 Å². The molecule has 27 heavy (non-hydrogen) atoms. The molecule has 3 aromatic rings. The van der Waals surface area contributed by atoms with E-state index in [1.54, 1.807) is 5.38 Å². The van der Waals surface area contributed by atoms with E-state index in [2.05, 4.69) is 20.3 Å². The summed E-state index contributed by atoms with van der Waals surface area (Å²) in [6.07, 6.45) is 0. The molecule has 4 rings (SSSR count). The van der Waals surface area contributed by atoms with E-state index >= 15 is 0 Å². The van der Waals surface area contributed by atoms with Crippen LogP contribution in [0.15, 0.2) is 17.5 Å². The zero-order valence-electron chi connectivity index (χ0n) is 13.9. The van der Waals surface area contributed by atoms with E-state index in [1.165, 1.54) is 16.0 Å². The Labute approximate surface area is 155 Å². The van der Waals surface area contributed by atoms with Crippen LogP contribution in [-0.4, -0.2) is 46.5 Å². The van der Waals surface area contributed by atoms with Crippen molar-refractivity contribution in [2.45, 2.75) is 6.54 Å². The summed E-state index contributed by atoms with van der Waals surface area (Å²) >= 11 is 1.30. The SMILES string of the molecule is COC(=O)c1cc(F)c(Cn2nnnc2-c2scc3c2OCCO3)c(F)c1. The van der Waals surface area contributed by atoms with Crippen molar-refractivity contribution in [2.75, 3.05) is 20.3 Å². The summed E-state index contributed by atoms with van der Waals surface area (Å²) in [5.41, 5.74) is -0.496. The van der Waals surface area contributed by atoms with Gasteiger partial charge in [-0.2, -0.15) is 0 Å². The van der Waals surface area contributed by atoms with Crippen LogP contribution in [0.2, 0.25) is 0 Å². The second-order valence-corrected chi connectivity index (χ2v) is 6.40. The number of aromatic nitrogens is 4. The van der Waals surface area contributed by atoms with Crippen LogP contribution in [0, 0.1) is 11.6 Å². The third kappa shape index (κ3) is 3.10. The first-order valence-electron chi connectivity index (χ1n) is 7.78. The monoisotopic (exact) mass is 394 g/mol. The number of rotatable bonds is 4. The number of tetrazole rings is 1. The topological polar surface area (TPSA) is 88.4 Å². The quantitative estimate of drug-likeness (QED) is 0.627. The third-order valence-electron chi connectivity index (χ3n) is 3.91. The van der Waals surface area contributed by atoms with Gasteiger partial charge in [-0.3, -0.25) is 0 Å². The summed E-state index contributed by atoms with van der Waals surface area (Å²) in [7, 11) is 1.13. The predicted molar refractivity (Wildman–Crippen MR) is 88.9 cm³/mol. The van der Waals surface area contributed by atoms with E-state index in [1.807, 2.05) is 0 Å². The fraction of sp³-hybridized carbons (Fsp3) is 0.250. The number of hydrogen-bond donors (Lipinski definition) is 0. The second kappa shape index (κ2) is 6.91. The highest BCUT2D eigenvalue weighted by Gasteiger charge is 2.25. The summed E-state index contributed by atoms with van der Waals surface area (Å²) in [6, 6.07) is 1.83.